The Balaban J connectivity index is 1.47. The Morgan fingerprint density at radius 1 is 1.19 bits per heavy atom. The standard InChI is InChI=1S/C18H19N5O4/c1-23-5-4-19-9-12(23)17-21-18(27-22-17)15-16(26-10-20-15)11-2-3-13-14(8-11)25-7-6-24-13/h2-3,8,10,12,19H,4-7,9H2,1H3. The quantitative estimate of drug-likeness (QED) is 0.740. The fraction of sp³-hybridized carbons (Fsp3) is 0.389. The Labute approximate surface area is 155 Å². The van der Waals surface area contributed by atoms with E-state index in [1.165, 1.54) is 6.39 Å². The number of fused-ring (bicyclic) bond motifs is 1. The highest BCUT2D eigenvalue weighted by Crippen LogP contribution is 2.37. The second kappa shape index (κ2) is 6.67. The number of nitrogens with one attached hydrogen (secondary N) is 1. The van der Waals surface area contributed by atoms with Gasteiger partial charge in [0.1, 0.15) is 13.2 Å². The summed E-state index contributed by atoms with van der Waals surface area (Å²) in [5.41, 5.74) is 1.32. The van der Waals surface area contributed by atoms with Gasteiger partial charge in [-0.1, -0.05) is 5.16 Å². The smallest absolute Gasteiger partial charge is 0.280 e. The number of piperazine rings is 1. The SMILES string of the molecule is CN1CCNCC1c1noc(-c2ncoc2-c2ccc3c(c2)OCCO3)n1. The molecule has 5 rings (SSSR count). The van der Waals surface area contributed by atoms with E-state index < -0.39 is 0 Å². The molecule has 0 aliphatic carbocycles. The zero-order valence-electron chi connectivity index (χ0n) is 14.8. The van der Waals surface area contributed by atoms with Crippen LogP contribution in [0.3, 0.4) is 0 Å². The highest BCUT2D eigenvalue weighted by molar-refractivity contribution is 5.74. The van der Waals surface area contributed by atoms with Gasteiger partial charge >= 0.3 is 0 Å². The maximum Gasteiger partial charge on any atom is 0.280 e. The molecule has 0 saturated carbocycles. The Morgan fingerprint density at radius 3 is 2.96 bits per heavy atom. The van der Waals surface area contributed by atoms with Crippen molar-refractivity contribution in [2.45, 2.75) is 6.04 Å². The van der Waals surface area contributed by atoms with E-state index in [4.69, 9.17) is 18.4 Å². The predicted octanol–water partition coefficient (Wildman–Crippen LogP) is 1.74. The lowest BCUT2D eigenvalue weighted by atomic mass is 10.1. The predicted molar refractivity (Wildman–Crippen MR) is 94.5 cm³/mol. The van der Waals surface area contributed by atoms with E-state index in [0.717, 1.165) is 30.9 Å². The van der Waals surface area contributed by atoms with Crippen LogP contribution in [0.2, 0.25) is 0 Å². The van der Waals surface area contributed by atoms with E-state index >= 15 is 0 Å². The van der Waals surface area contributed by atoms with Crippen molar-refractivity contribution < 1.29 is 18.4 Å². The number of hydrogen-bond acceptors (Lipinski definition) is 9. The van der Waals surface area contributed by atoms with Crippen LogP contribution in [0, 0.1) is 0 Å². The molecule has 140 valence electrons. The van der Waals surface area contributed by atoms with Gasteiger partial charge in [-0.05, 0) is 25.2 Å². The van der Waals surface area contributed by atoms with Crippen molar-refractivity contribution in [2.24, 2.45) is 0 Å². The molecule has 9 nitrogen and oxygen atoms in total. The van der Waals surface area contributed by atoms with Gasteiger partial charge in [0, 0.05) is 25.2 Å². The monoisotopic (exact) mass is 369 g/mol. The van der Waals surface area contributed by atoms with Crippen LogP contribution >= 0.6 is 0 Å². The van der Waals surface area contributed by atoms with E-state index in [-0.39, 0.29) is 6.04 Å². The van der Waals surface area contributed by atoms with E-state index in [1.807, 2.05) is 18.2 Å². The van der Waals surface area contributed by atoms with Gasteiger partial charge in [-0.15, -0.1) is 0 Å². The molecule has 2 aliphatic rings. The molecule has 1 atom stereocenters. The third kappa shape index (κ3) is 2.94. The normalized spacial score (nSPS) is 20.0. The highest BCUT2D eigenvalue weighted by Gasteiger charge is 2.27. The Hall–Kier alpha value is -2.91. The van der Waals surface area contributed by atoms with Gasteiger partial charge in [0.05, 0.1) is 6.04 Å². The summed E-state index contributed by atoms with van der Waals surface area (Å²) in [4.78, 5) is 11.1. The second-order valence-corrected chi connectivity index (χ2v) is 6.55. The first-order chi connectivity index (χ1) is 13.3. The van der Waals surface area contributed by atoms with Crippen LogP contribution in [-0.4, -0.2) is 59.9 Å². The highest BCUT2D eigenvalue weighted by atomic mass is 16.6. The average Bonchev–Trinajstić information content (AvgIpc) is 3.37. The van der Waals surface area contributed by atoms with Crippen molar-refractivity contribution >= 4 is 0 Å². The van der Waals surface area contributed by atoms with Gasteiger partial charge < -0.3 is 23.7 Å². The number of hydrogen-bond donors (Lipinski definition) is 1. The lowest BCUT2D eigenvalue weighted by molar-refractivity contribution is 0.171. The van der Waals surface area contributed by atoms with Crippen LogP contribution in [-0.2, 0) is 0 Å². The number of benzene rings is 1. The molecule has 2 aliphatic heterocycles. The molecule has 0 amide bonds. The molecule has 1 N–H and O–H groups in total. The molecule has 0 spiro atoms. The summed E-state index contributed by atoms with van der Waals surface area (Å²) in [7, 11) is 2.05. The first-order valence-corrected chi connectivity index (χ1v) is 8.88. The summed E-state index contributed by atoms with van der Waals surface area (Å²) in [5.74, 6) is 2.93. The Morgan fingerprint density at radius 2 is 2.07 bits per heavy atom. The number of likely N-dealkylation sites (N-methyl/N-ethyl adjacent to an activating group) is 1. The maximum absolute atomic E-state index is 5.65. The van der Waals surface area contributed by atoms with Crippen molar-refractivity contribution in [3.8, 4) is 34.4 Å². The number of ether oxygens (including phenoxy) is 2. The van der Waals surface area contributed by atoms with Gasteiger partial charge in [-0.3, -0.25) is 4.90 Å². The minimum absolute atomic E-state index is 0.0703. The molecule has 1 aromatic carbocycles. The van der Waals surface area contributed by atoms with Crippen LogP contribution in [0.5, 0.6) is 11.5 Å². The molecule has 1 unspecified atom stereocenters. The molecule has 0 radical (unpaired) electrons. The van der Waals surface area contributed by atoms with E-state index in [0.29, 0.717) is 42.1 Å². The van der Waals surface area contributed by atoms with Crippen molar-refractivity contribution in [1.82, 2.24) is 25.3 Å². The topological polar surface area (TPSA) is 98.7 Å². The minimum Gasteiger partial charge on any atom is -0.486 e. The van der Waals surface area contributed by atoms with Gasteiger partial charge in [0.25, 0.3) is 5.89 Å². The maximum atomic E-state index is 5.65. The van der Waals surface area contributed by atoms with Gasteiger partial charge in [-0.2, -0.15) is 4.98 Å². The molecule has 4 heterocycles. The summed E-state index contributed by atoms with van der Waals surface area (Å²) in [6.45, 7) is 3.74. The Bertz CT molecular complexity index is 953. The van der Waals surface area contributed by atoms with E-state index in [9.17, 15) is 0 Å². The fourth-order valence-electron chi connectivity index (χ4n) is 3.35. The van der Waals surface area contributed by atoms with Crippen molar-refractivity contribution in [3.63, 3.8) is 0 Å². The first-order valence-electron chi connectivity index (χ1n) is 8.88. The van der Waals surface area contributed by atoms with Gasteiger partial charge in [0.15, 0.2) is 35.2 Å². The zero-order valence-corrected chi connectivity index (χ0v) is 14.8. The van der Waals surface area contributed by atoms with Crippen LogP contribution in [0.25, 0.3) is 22.9 Å². The molecule has 2 aromatic heterocycles. The number of rotatable bonds is 3. The molecular weight excluding hydrogens is 350 g/mol. The lowest BCUT2D eigenvalue weighted by Gasteiger charge is -2.30. The molecule has 1 saturated heterocycles. The second-order valence-electron chi connectivity index (χ2n) is 6.55. The third-order valence-corrected chi connectivity index (χ3v) is 4.83. The summed E-state index contributed by atoms with van der Waals surface area (Å²) in [6, 6.07) is 5.70. The average molecular weight is 369 g/mol. The van der Waals surface area contributed by atoms with E-state index in [2.05, 4.69) is 32.4 Å². The Kier molecular flexibility index (Phi) is 4.02. The van der Waals surface area contributed by atoms with Gasteiger partial charge in [-0.25, -0.2) is 4.98 Å². The lowest BCUT2D eigenvalue weighted by Crippen LogP contribution is -2.44. The van der Waals surface area contributed by atoms with Crippen LogP contribution in [0.4, 0.5) is 0 Å². The van der Waals surface area contributed by atoms with Crippen molar-refractivity contribution in [3.05, 3.63) is 30.4 Å². The molecule has 1 fully saturated rings. The zero-order chi connectivity index (χ0) is 18.2. The van der Waals surface area contributed by atoms with E-state index in [1.54, 1.807) is 0 Å². The third-order valence-electron chi connectivity index (χ3n) is 4.83. The summed E-state index contributed by atoms with van der Waals surface area (Å²) < 4.78 is 22.3. The van der Waals surface area contributed by atoms with Crippen LogP contribution < -0.4 is 14.8 Å². The largest absolute Gasteiger partial charge is 0.486 e. The minimum atomic E-state index is 0.0703. The van der Waals surface area contributed by atoms with Crippen molar-refractivity contribution in [1.29, 1.82) is 0 Å². The first kappa shape index (κ1) is 16.3. The molecule has 9 heteroatoms. The van der Waals surface area contributed by atoms with Crippen LogP contribution in [0.15, 0.2) is 33.5 Å². The summed E-state index contributed by atoms with van der Waals surface area (Å²) in [6.07, 6.45) is 1.37. The summed E-state index contributed by atoms with van der Waals surface area (Å²) >= 11 is 0. The number of aromatic nitrogens is 3. The number of oxazole rings is 1. The number of nitrogens with zero attached hydrogens (tertiary/aromatic N) is 4. The summed E-state index contributed by atoms with van der Waals surface area (Å²) in [5, 5.41) is 7.51. The fourth-order valence-corrected chi connectivity index (χ4v) is 3.35. The van der Waals surface area contributed by atoms with Gasteiger partial charge in [0.2, 0.25) is 0 Å². The molecule has 27 heavy (non-hydrogen) atoms. The van der Waals surface area contributed by atoms with Crippen molar-refractivity contribution in [2.75, 3.05) is 39.9 Å². The molecule has 3 aromatic rings. The molecule has 0 bridgehead atoms. The van der Waals surface area contributed by atoms with Crippen LogP contribution in [0.1, 0.15) is 11.9 Å². The molecular formula is C18H19N5O4.